The average molecular weight is 943 g/mol. The number of carboxylic acids is 1. The largest absolute Gasteiger partial charge is 0.480 e. The number of aliphatic carboxylic acids is 1. The molecule has 3 rings (SSSR count). The lowest BCUT2D eigenvalue weighted by molar-refractivity contribution is -0.197. The van der Waals surface area contributed by atoms with Crippen molar-refractivity contribution in [3.63, 3.8) is 0 Å². The molecular formula is C49H78N6O12. The van der Waals surface area contributed by atoms with Crippen LogP contribution >= 0.6 is 0 Å². The molecule has 2 aliphatic rings. The fraction of sp³-hybridized carbons (Fsp3) is 0.714. The van der Waals surface area contributed by atoms with Crippen molar-refractivity contribution < 1.29 is 57.8 Å². The summed E-state index contributed by atoms with van der Waals surface area (Å²) < 4.78 is 12.0. The Balaban J connectivity index is 1.68. The highest BCUT2D eigenvalue weighted by molar-refractivity contribution is 6.01. The minimum Gasteiger partial charge on any atom is -0.480 e. The van der Waals surface area contributed by atoms with Gasteiger partial charge in [0.15, 0.2) is 0 Å². The molecule has 67 heavy (non-hydrogen) atoms. The molecule has 0 saturated carbocycles. The van der Waals surface area contributed by atoms with Crippen LogP contribution in [-0.4, -0.2) is 156 Å². The van der Waals surface area contributed by atoms with Crippen LogP contribution < -0.4 is 10.6 Å². The SMILES string of the molecule is CC[C@H](C)[C@@H]([C@@H](CC(=O)N1CCC[C@H]1[C@H](OC)[C@@H](C)C(=O)N[C@@H](Cc1ccccc1)C(=O)O)OC)N(C)[C@H](C(=O)NC(=O)[C@H](C(C)C)N(C)CCCCCC(=O)ON1C(=O)CCC1=O)C(C)C. The molecule has 376 valence electrons. The van der Waals surface area contributed by atoms with Crippen molar-refractivity contribution in [2.75, 3.05) is 41.4 Å². The van der Waals surface area contributed by atoms with Gasteiger partial charge in [-0.3, -0.25) is 43.9 Å². The number of hydroxylamine groups is 2. The highest BCUT2D eigenvalue weighted by atomic mass is 16.7. The van der Waals surface area contributed by atoms with E-state index in [0.717, 1.165) is 5.56 Å². The second-order valence-electron chi connectivity index (χ2n) is 19.0. The molecule has 9 atom stereocenters. The number of nitrogens with zero attached hydrogens (tertiary/aromatic N) is 4. The number of hydrogen-bond donors (Lipinski definition) is 3. The number of nitrogens with one attached hydrogen (secondary N) is 2. The van der Waals surface area contributed by atoms with Gasteiger partial charge in [0.25, 0.3) is 11.8 Å². The summed E-state index contributed by atoms with van der Waals surface area (Å²) in [5.74, 6) is -5.68. The van der Waals surface area contributed by atoms with E-state index < -0.39 is 89.8 Å². The number of unbranched alkanes of at least 4 members (excludes halogenated alkanes) is 2. The van der Waals surface area contributed by atoms with Crippen LogP contribution in [0.4, 0.5) is 0 Å². The molecular weight excluding hydrogens is 865 g/mol. The van der Waals surface area contributed by atoms with Crippen molar-refractivity contribution in [1.29, 1.82) is 0 Å². The minimum absolute atomic E-state index is 0.0217. The van der Waals surface area contributed by atoms with Crippen LogP contribution in [0.1, 0.15) is 118 Å². The fourth-order valence-corrected chi connectivity index (χ4v) is 9.72. The first kappa shape index (κ1) is 56.5. The van der Waals surface area contributed by atoms with Crippen molar-refractivity contribution in [3.8, 4) is 0 Å². The minimum atomic E-state index is -1.16. The first-order chi connectivity index (χ1) is 31.7. The fourth-order valence-electron chi connectivity index (χ4n) is 9.72. The molecule has 0 spiro atoms. The molecule has 1 aromatic carbocycles. The number of rotatable bonds is 28. The van der Waals surface area contributed by atoms with Gasteiger partial charge in [-0.2, -0.15) is 0 Å². The number of amides is 6. The summed E-state index contributed by atoms with van der Waals surface area (Å²) in [7, 11) is 6.67. The van der Waals surface area contributed by atoms with Crippen LogP contribution in [0, 0.1) is 23.7 Å². The summed E-state index contributed by atoms with van der Waals surface area (Å²) in [6.07, 6.45) is 2.50. The number of carbonyl (C=O) groups excluding carboxylic acids is 7. The van der Waals surface area contributed by atoms with E-state index in [9.17, 15) is 43.5 Å². The summed E-state index contributed by atoms with van der Waals surface area (Å²) in [5.41, 5.74) is 0.768. The molecule has 0 unspecified atom stereocenters. The lowest BCUT2D eigenvalue weighted by Gasteiger charge is -2.43. The monoisotopic (exact) mass is 943 g/mol. The van der Waals surface area contributed by atoms with Gasteiger partial charge in [0, 0.05) is 52.5 Å². The maximum atomic E-state index is 14.4. The Labute approximate surface area is 397 Å². The molecule has 2 saturated heterocycles. The average Bonchev–Trinajstić information content (AvgIpc) is 3.88. The topological polar surface area (TPSA) is 222 Å². The van der Waals surface area contributed by atoms with Gasteiger partial charge in [-0.1, -0.05) is 91.6 Å². The van der Waals surface area contributed by atoms with E-state index in [2.05, 4.69) is 10.6 Å². The van der Waals surface area contributed by atoms with Gasteiger partial charge in [0.1, 0.15) is 6.04 Å². The van der Waals surface area contributed by atoms with Gasteiger partial charge in [0.2, 0.25) is 23.6 Å². The summed E-state index contributed by atoms with van der Waals surface area (Å²) in [4.78, 5) is 115. The summed E-state index contributed by atoms with van der Waals surface area (Å²) in [6.45, 7) is 14.3. The predicted molar refractivity (Wildman–Crippen MR) is 250 cm³/mol. The van der Waals surface area contributed by atoms with Crippen molar-refractivity contribution >= 4 is 47.4 Å². The van der Waals surface area contributed by atoms with E-state index in [1.165, 1.54) is 7.11 Å². The summed E-state index contributed by atoms with van der Waals surface area (Å²) >= 11 is 0. The molecule has 18 nitrogen and oxygen atoms in total. The van der Waals surface area contributed by atoms with Crippen LogP contribution in [-0.2, 0) is 59.1 Å². The van der Waals surface area contributed by atoms with Gasteiger partial charge in [-0.05, 0) is 69.6 Å². The Morgan fingerprint density at radius 3 is 2.00 bits per heavy atom. The van der Waals surface area contributed by atoms with Crippen LogP contribution in [0.5, 0.6) is 0 Å². The van der Waals surface area contributed by atoms with E-state index in [1.54, 1.807) is 31.1 Å². The van der Waals surface area contributed by atoms with Crippen LogP contribution in [0.15, 0.2) is 30.3 Å². The van der Waals surface area contributed by atoms with E-state index in [-0.39, 0.29) is 55.8 Å². The predicted octanol–water partition coefficient (Wildman–Crippen LogP) is 3.98. The first-order valence-corrected chi connectivity index (χ1v) is 23.9. The Kier molecular flexibility index (Phi) is 23.0. The Hall–Kier alpha value is -4.78. The zero-order valence-corrected chi connectivity index (χ0v) is 41.7. The Morgan fingerprint density at radius 2 is 1.45 bits per heavy atom. The molecule has 0 aromatic heterocycles. The molecule has 2 fully saturated rings. The second kappa shape index (κ2) is 27.3. The third-order valence-corrected chi connectivity index (χ3v) is 13.4. The Bertz CT molecular complexity index is 1810. The van der Waals surface area contributed by atoms with E-state index in [1.807, 2.05) is 83.6 Å². The number of carboxylic acid groups (broad SMARTS) is 1. The highest BCUT2D eigenvalue weighted by Crippen LogP contribution is 2.31. The van der Waals surface area contributed by atoms with Gasteiger partial charge < -0.3 is 29.6 Å². The van der Waals surface area contributed by atoms with Crippen molar-refractivity contribution in [2.45, 2.75) is 162 Å². The molecule has 18 heteroatoms. The van der Waals surface area contributed by atoms with Crippen LogP contribution in [0.25, 0.3) is 0 Å². The quantitative estimate of drug-likeness (QED) is 0.0800. The molecule has 2 aliphatic heterocycles. The maximum Gasteiger partial charge on any atom is 0.333 e. The summed E-state index contributed by atoms with van der Waals surface area (Å²) in [5, 5.41) is 15.9. The molecule has 1 aromatic rings. The third kappa shape index (κ3) is 15.9. The second-order valence-corrected chi connectivity index (χ2v) is 19.0. The van der Waals surface area contributed by atoms with Crippen molar-refractivity contribution in [3.05, 3.63) is 35.9 Å². The van der Waals surface area contributed by atoms with Gasteiger partial charge in [-0.25, -0.2) is 9.59 Å². The molecule has 6 amide bonds. The zero-order chi connectivity index (χ0) is 50.1. The van der Waals surface area contributed by atoms with Crippen LogP contribution in [0.2, 0.25) is 0 Å². The normalized spacial score (nSPS) is 19.0. The van der Waals surface area contributed by atoms with Crippen molar-refractivity contribution in [2.24, 2.45) is 23.7 Å². The number of ether oxygens (including phenoxy) is 2. The summed E-state index contributed by atoms with van der Waals surface area (Å²) in [6, 6.07) is 5.61. The number of carbonyl (C=O) groups is 8. The van der Waals surface area contributed by atoms with Crippen molar-refractivity contribution in [1.82, 2.24) is 30.4 Å². The molecule has 0 radical (unpaired) electrons. The Morgan fingerprint density at radius 1 is 0.836 bits per heavy atom. The van der Waals surface area contributed by atoms with Crippen LogP contribution in [0.3, 0.4) is 0 Å². The molecule has 2 heterocycles. The highest BCUT2D eigenvalue weighted by Gasteiger charge is 2.44. The van der Waals surface area contributed by atoms with Gasteiger partial charge >= 0.3 is 11.9 Å². The lowest BCUT2D eigenvalue weighted by atomic mass is 9.87. The lowest BCUT2D eigenvalue weighted by Crippen LogP contribution is -2.60. The van der Waals surface area contributed by atoms with Gasteiger partial charge in [0.05, 0.1) is 42.7 Å². The number of imide groups is 2. The standard InChI is InChI=1S/C49H78N6O12/c1-12-32(6)44(37(65-10)29-40(58)54-27-19-22-36(54)45(66-11)33(7)46(60)50-35(49(63)64)28-34-20-15-13-16-21-34)53(9)43(31(4)5)48(62)51-47(61)42(30(2)3)52(8)26-18-14-17-23-41(59)67-55-38(56)24-25-39(55)57/h13,15-16,20-21,30-33,35-37,42-45H,12,14,17-19,22-29H2,1-11H3,(H,50,60)(H,63,64)(H,51,61,62)/t32-,33+,35-,36-,37+,42-,43-,44-,45+/m0/s1. The number of benzene rings is 1. The molecule has 3 N–H and O–H groups in total. The number of likely N-dealkylation sites (tertiary alicyclic amines) is 1. The number of likely N-dealkylation sites (N-methyl/N-ethyl adjacent to an activating group) is 2. The van der Waals surface area contributed by atoms with Gasteiger partial charge in [-0.15, -0.1) is 5.06 Å². The van der Waals surface area contributed by atoms with E-state index in [4.69, 9.17) is 14.3 Å². The number of methoxy groups -OCH3 is 2. The zero-order valence-electron chi connectivity index (χ0n) is 41.7. The molecule has 0 bridgehead atoms. The third-order valence-electron chi connectivity index (χ3n) is 13.4. The number of hydrogen-bond acceptors (Lipinski definition) is 13. The smallest absolute Gasteiger partial charge is 0.333 e. The maximum absolute atomic E-state index is 14.4. The first-order valence-electron chi connectivity index (χ1n) is 23.9. The molecule has 0 aliphatic carbocycles. The van der Waals surface area contributed by atoms with E-state index >= 15 is 0 Å². The van der Waals surface area contributed by atoms with E-state index in [0.29, 0.717) is 56.7 Å².